The van der Waals surface area contributed by atoms with E-state index < -0.39 is 0 Å². The van der Waals surface area contributed by atoms with Crippen molar-refractivity contribution in [1.82, 2.24) is 9.97 Å². The highest BCUT2D eigenvalue weighted by Gasteiger charge is 2.17. The Morgan fingerprint density at radius 2 is 1.58 bits per heavy atom. The lowest BCUT2D eigenvalue weighted by Crippen LogP contribution is -2.09. The standard InChI is InChI=1S/C21H21N5/c22-12-18(16-7-3-1-4-8-16)11-19(17-9-5-2-6-10-17)13-25-20-14-24-15-26-21(20)23/h1-10,12-15,18-19,22H,11H2,(H2,23,24,26). The van der Waals surface area contributed by atoms with Gasteiger partial charge in [-0.2, -0.15) is 0 Å². The summed E-state index contributed by atoms with van der Waals surface area (Å²) in [6, 6.07) is 20.3. The van der Waals surface area contributed by atoms with E-state index in [1.165, 1.54) is 12.5 Å². The monoisotopic (exact) mass is 343 g/mol. The van der Waals surface area contributed by atoms with Crippen LogP contribution in [0.2, 0.25) is 0 Å². The van der Waals surface area contributed by atoms with E-state index in [1.807, 2.05) is 42.6 Å². The third-order valence-electron chi connectivity index (χ3n) is 4.28. The minimum Gasteiger partial charge on any atom is -0.382 e. The Kier molecular flexibility index (Phi) is 5.83. The van der Waals surface area contributed by atoms with Gasteiger partial charge in [0.05, 0.1) is 6.20 Å². The van der Waals surface area contributed by atoms with E-state index in [0.717, 1.165) is 17.5 Å². The van der Waals surface area contributed by atoms with E-state index in [9.17, 15) is 0 Å². The summed E-state index contributed by atoms with van der Waals surface area (Å²) in [7, 11) is 0. The number of hydrogen-bond donors (Lipinski definition) is 2. The van der Waals surface area contributed by atoms with Crippen LogP contribution < -0.4 is 5.73 Å². The zero-order valence-electron chi connectivity index (χ0n) is 14.4. The van der Waals surface area contributed by atoms with Gasteiger partial charge in [-0.05, 0) is 17.5 Å². The van der Waals surface area contributed by atoms with Gasteiger partial charge in [-0.15, -0.1) is 0 Å². The molecule has 2 unspecified atom stereocenters. The molecule has 0 radical (unpaired) electrons. The summed E-state index contributed by atoms with van der Waals surface area (Å²) in [6.45, 7) is 0. The Hall–Kier alpha value is -3.34. The SMILES string of the molecule is N=CC(CC(C=Nc1cncnc1N)c1ccccc1)c1ccccc1. The maximum absolute atomic E-state index is 7.87. The minimum atomic E-state index is 0.0113. The van der Waals surface area contributed by atoms with Crippen molar-refractivity contribution in [1.29, 1.82) is 5.41 Å². The molecule has 0 fully saturated rings. The average molecular weight is 343 g/mol. The first-order chi connectivity index (χ1) is 12.8. The van der Waals surface area contributed by atoms with Crippen LogP contribution in [-0.2, 0) is 0 Å². The van der Waals surface area contributed by atoms with Crippen molar-refractivity contribution in [2.24, 2.45) is 4.99 Å². The third-order valence-corrected chi connectivity index (χ3v) is 4.28. The summed E-state index contributed by atoms with van der Waals surface area (Å²) < 4.78 is 0. The number of aromatic nitrogens is 2. The van der Waals surface area contributed by atoms with Gasteiger partial charge in [0, 0.05) is 24.3 Å². The van der Waals surface area contributed by atoms with Crippen molar-refractivity contribution in [3.63, 3.8) is 0 Å². The first-order valence-corrected chi connectivity index (χ1v) is 8.48. The largest absolute Gasteiger partial charge is 0.382 e. The normalized spacial score (nSPS) is 13.4. The van der Waals surface area contributed by atoms with E-state index in [2.05, 4.69) is 39.2 Å². The van der Waals surface area contributed by atoms with Crippen LogP contribution in [0.15, 0.2) is 78.2 Å². The van der Waals surface area contributed by atoms with Gasteiger partial charge in [0.25, 0.3) is 0 Å². The molecule has 5 nitrogen and oxygen atoms in total. The van der Waals surface area contributed by atoms with Gasteiger partial charge >= 0.3 is 0 Å². The summed E-state index contributed by atoms with van der Waals surface area (Å²) in [4.78, 5) is 12.5. The Balaban J connectivity index is 1.89. The molecule has 3 aromatic rings. The van der Waals surface area contributed by atoms with Crippen LogP contribution in [0, 0.1) is 5.41 Å². The van der Waals surface area contributed by atoms with E-state index in [-0.39, 0.29) is 11.8 Å². The fourth-order valence-corrected chi connectivity index (χ4v) is 2.86. The molecular formula is C21H21N5. The second kappa shape index (κ2) is 8.67. The molecule has 0 saturated heterocycles. The number of aliphatic imine (C=N–C) groups is 1. The van der Waals surface area contributed by atoms with E-state index in [4.69, 9.17) is 11.1 Å². The van der Waals surface area contributed by atoms with Crippen LogP contribution in [-0.4, -0.2) is 22.4 Å². The lowest BCUT2D eigenvalue weighted by molar-refractivity contribution is 0.736. The van der Waals surface area contributed by atoms with Gasteiger partial charge in [-0.25, -0.2) is 9.97 Å². The zero-order chi connectivity index (χ0) is 18.2. The van der Waals surface area contributed by atoms with Crippen LogP contribution in [0.4, 0.5) is 11.5 Å². The highest BCUT2D eigenvalue weighted by molar-refractivity contribution is 5.75. The second-order valence-electron chi connectivity index (χ2n) is 6.01. The lowest BCUT2D eigenvalue weighted by atomic mass is 9.86. The van der Waals surface area contributed by atoms with Gasteiger partial charge in [0.15, 0.2) is 5.82 Å². The Morgan fingerprint density at radius 1 is 0.962 bits per heavy atom. The summed E-state index contributed by atoms with van der Waals surface area (Å²) >= 11 is 0. The number of nitrogens with one attached hydrogen (secondary N) is 1. The summed E-state index contributed by atoms with van der Waals surface area (Å²) in [5.74, 6) is 0.412. The lowest BCUT2D eigenvalue weighted by Gasteiger charge is -2.18. The number of rotatable bonds is 7. The van der Waals surface area contributed by atoms with Crippen molar-refractivity contribution in [3.05, 3.63) is 84.3 Å². The Morgan fingerprint density at radius 3 is 2.15 bits per heavy atom. The molecule has 130 valence electrons. The van der Waals surface area contributed by atoms with Crippen LogP contribution >= 0.6 is 0 Å². The predicted octanol–water partition coefficient (Wildman–Crippen LogP) is 4.37. The number of benzene rings is 2. The third kappa shape index (κ3) is 4.39. The van der Waals surface area contributed by atoms with Crippen LogP contribution in [0.5, 0.6) is 0 Å². The van der Waals surface area contributed by atoms with Crippen LogP contribution in [0.3, 0.4) is 0 Å². The fourth-order valence-electron chi connectivity index (χ4n) is 2.86. The van der Waals surface area contributed by atoms with Crippen molar-refractivity contribution in [3.8, 4) is 0 Å². The van der Waals surface area contributed by atoms with E-state index >= 15 is 0 Å². The van der Waals surface area contributed by atoms with Gasteiger partial charge in [-0.1, -0.05) is 60.7 Å². The molecule has 2 aromatic carbocycles. The summed E-state index contributed by atoms with van der Waals surface area (Å²) in [5, 5.41) is 7.87. The Labute approximate surface area is 153 Å². The fraction of sp³-hybridized carbons (Fsp3) is 0.143. The zero-order valence-corrected chi connectivity index (χ0v) is 14.4. The molecule has 26 heavy (non-hydrogen) atoms. The van der Waals surface area contributed by atoms with Crippen molar-refractivity contribution in [2.45, 2.75) is 18.3 Å². The van der Waals surface area contributed by atoms with Gasteiger partial charge in [0.1, 0.15) is 12.0 Å². The maximum Gasteiger partial charge on any atom is 0.152 e. The average Bonchev–Trinajstić information content (AvgIpc) is 2.71. The van der Waals surface area contributed by atoms with Crippen LogP contribution in [0.1, 0.15) is 29.4 Å². The number of nitrogen functional groups attached to an aromatic ring is 1. The molecule has 3 N–H and O–H groups in total. The number of nitrogens with two attached hydrogens (primary N) is 1. The molecule has 0 aliphatic heterocycles. The van der Waals surface area contributed by atoms with Crippen LogP contribution in [0.25, 0.3) is 0 Å². The second-order valence-corrected chi connectivity index (χ2v) is 6.01. The number of anilines is 1. The molecule has 0 saturated carbocycles. The highest BCUT2D eigenvalue weighted by Crippen LogP contribution is 2.29. The molecule has 0 aliphatic carbocycles. The molecule has 0 aliphatic rings. The number of nitrogens with zero attached hydrogens (tertiary/aromatic N) is 3. The van der Waals surface area contributed by atoms with Crippen molar-refractivity contribution >= 4 is 23.9 Å². The Bertz CT molecular complexity index is 862. The molecule has 1 heterocycles. The van der Waals surface area contributed by atoms with Gasteiger partial charge in [-0.3, -0.25) is 4.99 Å². The molecule has 0 spiro atoms. The highest BCUT2D eigenvalue weighted by atomic mass is 15.0. The quantitative estimate of drug-likeness (QED) is 0.624. The topological polar surface area (TPSA) is 88.0 Å². The summed E-state index contributed by atoms with van der Waals surface area (Å²) in [5.41, 5.74) is 8.69. The molecule has 2 atom stereocenters. The van der Waals surface area contributed by atoms with E-state index in [1.54, 1.807) is 6.20 Å². The molecule has 0 bridgehead atoms. The van der Waals surface area contributed by atoms with E-state index in [0.29, 0.717) is 11.5 Å². The molecule has 5 heteroatoms. The molecule has 1 aromatic heterocycles. The molecule has 3 rings (SSSR count). The minimum absolute atomic E-state index is 0.0113. The molecule has 0 amide bonds. The van der Waals surface area contributed by atoms with Crippen molar-refractivity contribution < 1.29 is 0 Å². The maximum atomic E-state index is 7.87. The first kappa shape index (κ1) is 17.5. The first-order valence-electron chi connectivity index (χ1n) is 8.48. The summed E-state index contributed by atoms with van der Waals surface area (Å²) in [6.07, 6.45) is 7.13. The number of hydrogen-bond acceptors (Lipinski definition) is 5. The predicted molar refractivity (Wildman–Crippen MR) is 106 cm³/mol. The van der Waals surface area contributed by atoms with Crippen molar-refractivity contribution in [2.75, 3.05) is 5.73 Å². The van der Waals surface area contributed by atoms with Gasteiger partial charge < -0.3 is 11.1 Å². The van der Waals surface area contributed by atoms with Gasteiger partial charge in [0.2, 0.25) is 0 Å². The smallest absolute Gasteiger partial charge is 0.152 e. The molecular weight excluding hydrogens is 322 g/mol.